The van der Waals surface area contributed by atoms with Gasteiger partial charge in [-0.05, 0) is 88.9 Å². The molecule has 1 N–H and O–H groups in total. The molecular formula is C50H62N2O12. The number of aliphatic hydroxyl groups is 1. The number of Topliss-reactive ketones (excluding diaryl/α,β-unsaturated/α-hetero) is 3. The van der Waals surface area contributed by atoms with E-state index >= 15 is 0 Å². The average Bonchev–Trinajstić information content (AvgIpc) is 3.89. The lowest BCUT2D eigenvalue weighted by atomic mass is 9.37. The molecule has 9 aliphatic carbocycles. The van der Waals surface area contributed by atoms with Crippen molar-refractivity contribution >= 4 is 35.3 Å². The van der Waals surface area contributed by atoms with Crippen LogP contribution in [0.1, 0.15) is 137 Å². The van der Waals surface area contributed by atoms with E-state index in [0.717, 1.165) is 58.5 Å². The zero-order valence-corrected chi connectivity index (χ0v) is 38.0. The van der Waals surface area contributed by atoms with Crippen molar-refractivity contribution < 1.29 is 57.6 Å². The zero-order valence-electron chi connectivity index (χ0n) is 38.0. The lowest BCUT2D eigenvalue weighted by molar-refractivity contribution is -0.193. The molecule has 0 radical (unpaired) electrons. The van der Waals surface area contributed by atoms with Gasteiger partial charge in [-0.15, -0.1) is 0 Å². The molecule has 6 unspecified atom stereocenters. The van der Waals surface area contributed by atoms with Crippen LogP contribution in [-0.2, 0) is 52.5 Å². The first-order valence-corrected chi connectivity index (χ1v) is 24.0. The van der Waals surface area contributed by atoms with E-state index in [9.17, 15) is 39.3 Å². The Balaban J connectivity index is 0.000000138. The third-order valence-corrected chi connectivity index (χ3v) is 22.5. The van der Waals surface area contributed by atoms with E-state index in [4.69, 9.17) is 28.8 Å². The maximum Gasteiger partial charge on any atom is 0.309 e. The van der Waals surface area contributed by atoms with Gasteiger partial charge in [0, 0.05) is 78.6 Å². The van der Waals surface area contributed by atoms with Gasteiger partial charge in [-0.2, -0.15) is 10.5 Å². The Morgan fingerprint density at radius 1 is 0.688 bits per heavy atom. The Hall–Kier alpha value is -3.72. The molecule has 4 saturated heterocycles. The largest absolute Gasteiger partial charge is 0.469 e. The van der Waals surface area contributed by atoms with E-state index in [0.29, 0.717) is 51.4 Å². The topological polar surface area (TPSA) is 223 Å². The number of epoxide rings is 2. The molecule has 4 spiro atoms. The number of hydrogen-bond donors (Lipinski definition) is 1. The van der Waals surface area contributed by atoms with Crippen LogP contribution in [0, 0.1) is 96.6 Å². The molecule has 14 heteroatoms. The monoisotopic (exact) mass is 882 g/mol. The minimum atomic E-state index is -0.920. The molecule has 0 aromatic rings. The van der Waals surface area contributed by atoms with Gasteiger partial charge >= 0.3 is 17.9 Å². The molecule has 344 valence electrons. The molecule has 9 saturated carbocycles. The minimum Gasteiger partial charge on any atom is -0.469 e. The second-order valence-electron chi connectivity index (χ2n) is 23.4. The van der Waals surface area contributed by atoms with Gasteiger partial charge in [0.1, 0.15) is 39.8 Å². The number of nitriles is 2. The van der Waals surface area contributed by atoms with E-state index in [1.165, 1.54) is 7.11 Å². The summed E-state index contributed by atoms with van der Waals surface area (Å²) >= 11 is 0. The molecule has 64 heavy (non-hydrogen) atoms. The predicted molar refractivity (Wildman–Crippen MR) is 219 cm³/mol. The summed E-state index contributed by atoms with van der Waals surface area (Å²) in [5.41, 5.74) is -5.29. The van der Waals surface area contributed by atoms with Crippen molar-refractivity contribution in [2.45, 2.75) is 171 Å². The number of methoxy groups -OCH3 is 1. The molecule has 13 fully saturated rings. The van der Waals surface area contributed by atoms with E-state index in [1.807, 2.05) is 0 Å². The van der Waals surface area contributed by atoms with Gasteiger partial charge in [0.25, 0.3) is 0 Å². The van der Waals surface area contributed by atoms with Gasteiger partial charge in [0.05, 0.1) is 54.1 Å². The van der Waals surface area contributed by atoms with Crippen LogP contribution in [-0.4, -0.2) is 89.2 Å². The summed E-state index contributed by atoms with van der Waals surface area (Å²) in [5.74, 6) is -1.77. The van der Waals surface area contributed by atoms with E-state index in [-0.39, 0.29) is 94.3 Å². The zero-order chi connectivity index (χ0) is 45.6. The fourth-order valence-corrected chi connectivity index (χ4v) is 19.5. The van der Waals surface area contributed by atoms with Crippen molar-refractivity contribution in [3.8, 4) is 12.1 Å². The molecule has 0 aromatic carbocycles. The molecule has 0 aromatic heterocycles. The number of fused-ring (bicyclic) bond motifs is 9. The Morgan fingerprint density at radius 2 is 1.23 bits per heavy atom. The average molecular weight is 883 g/mol. The van der Waals surface area contributed by atoms with Gasteiger partial charge in [-0.1, -0.05) is 27.7 Å². The SMILES string of the molecule is CO.COC(=O)[C@@H]1C[C@]2(C#N)CC(=O)CC[C@]2(C)[C@@]23O[C@@H]2C[C@@]2(C)C(CC[C@@]24CCC(=O)O4)C13.C[C@]12CCC(=O)C3C(=O)C(C[C@]31C#N)C1C3CC[C@@]4(CCC(=O)O4)[C@@]3(C)C[C@H]3O[C@@]132. The van der Waals surface area contributed by atoms with Crippen LogP contribution in [0.3, 0.4) is 0 Å². The standard InChI is InChI=1S/C25H31NO6.C24H27NO5.CH4O/c1-21-12-17-25(31-17)19(16(21)5-8-24(21)9-6-18(28)32-24)15(20(29)30-3)11-23(13-26)10-14(27)4-7-22(23,25)2;1-20-10-15-24(29-15)17(13(20)3-7-23(20)8-5-16(27)30-23)12-9-22(11-25)18(19(12)28)14(26)4-6-21(22,24)2;1-2/h15-17,19H,4-12H2,1-3H3;12-13,15,17-18H,3-10H2,1-2H3;2H,1H3/t15-,16?,17-,19?,21+,22+,23+,24-,25-;12?,13?,15-,17?,18?,20+,21+,22+,23-,24-;/m11./s1. The number of ketones is 3. The van der Waals surface area contributed by atoms with E-state index < -0.39 is 55.9 Å². The van der Waals surface area contributed by atoms with Crippen molar-refractivity contribution in [3.05, 3.63) is 0 Å². The van der Waals surface area contributed by atoms with Crippen molar-refractivity contribution in [3.63, 3.8) is 0 Å². The number of carbonyl (C=O) groups is 6. The highest BCUT2D eigenvalue weighted by Crippen LogP contribution is 2.84. The Morgan fingerprint density at radius 3 is 1.75 bits per heavy atom. The number of aliphatic hydroxyl groups excluding tert-OH is 1. The summed E-state index contributed by atoms with van der Waals surface area (Å²) in [6.45, 7) is 8.74. The van der Waals surface area contributed by atoms with Crippen molar-refractivity contribution in [2.75, 3.05) is 14.2 Å². The Bertz CT molecular complexity index is 2300. The molecule has 13 aliphatic rings. The molecular weight excluding hydrogens is 821 g/mol. The van der Waals surface area contributed by atoms with Crippen LogP contribution < -0.4 is 0 Å². The second-order valence-corrected chi connectivity index (χ2v) is 23.4. The molecule has 14 nitrogen and oxygen atoms in total. The van der Waals surface area contributed by atoms with Crippen LogP contribution in [0.15, 0.2) is 0 Å². The van der Waals surface area contributed by atoms with E-state index in [1.54, 1.807) is 0 Å². The van der Waals surface area contributed by atoms with E-state index in [2.05, 4.69) is 39.8 Å². The molecule has 0 amide bonds. The van der Waals surface area contributed by atoms with Gasteiger partial charge in [0.15, 0.2) is 0 Å². The fraction of sp³-hybridized carbons (Fsp3) is 0.840. The summed E-state index contributed by atoms with van der Waals surface area (Å²) < 4.78 is 30.6. The summed E-state index contributed by atoms with van der Waals surface area (Å²) in [5, 5.41) is 27.8. The number of esters is 3. The lowest BCUT2D eigenvalue weighted by Gasteiger charge is -2.63. The summed E-state index contributed by atoms with van der Waals surface area (Å²) in [6.07, 6.45) is 10.4. The summed E-state index contributed by atoms with van der Waals surface area (Å²) in [7, 11) is 2.40. The quantitative estimate of drug-likeness (QED) is 0.150. The molecule has 13 rings (SSSR count). The highest BCUT2D eigenvalue weighted by atomic mass is 16.6. The van der Waals surface area contributed by atoms with Gasteiger partial charge in [-0.25, -0.2) is 0 Å². The van der Waals surface area contributed by atoms with Crippen molar-refractivity contribution in [1.29, 1.82) is 10.5 Å². The first kappa shape index (κ1) is 42.9. The lowest BCUT2D eigenvalue weighted by Crippen LogP contribution is -2.68. The third-order valence-electron chi connectivity index (χ3n) is 22.5. The van der Waals surface area contributed by atoms with Crippen LogP contribution in [0.2, 0.25) is 0 Å². The first-order chi connectivity index (χ1) is 30.3. The highest BCUT2D eigenvalue weighted by Gasteiger charge is 2.91. The van der Waals surface area contributed by atoms with Crippen molar-refractivity contribution in [2.24, 2.45) is 73.9 Å². The number of rotatable bonds is 1. The first-order valence-electron chi connectivity index (χ1n) is 24.0. The molecule has 4 heterocycles. The van der Waals surface area contributed by atoms with Gasteiger partial charge in [-0.3, -0.25) is 28.8 Å². The maximum atomic E-state index is 13.7. The fourth-order valence-electron chi connectivity index (χ4n) is 19.5. The second kappa shape index (κ2) is 12.8. The van der Waals surface area contributed by atoms with Crippen LogP contribution in [0.5, 0.6) is 0 Å². The molecule has 19 atom stereocenters. The smallest absolute Gasteiger partial charge is 0.309 e. The predicted octanol–water partition coefficient (Wildman–Crippen LogP) is 5.44. The molecule has 2 bridgehead atoms. The Kier molecular flexibility index (Phi) is 8.60. The minimum absolute atomic E-state index is 0.00258. The van der Waals surface area contributed by atoms with Crippen LogP contribution in [0.25, 0.3) is 0 Å². The number of hydrogen-bond acceptors (Lipinski definition) is 14. The Labute approximate surface area is 374 Å². The summed E-state index contributed by atoms with van der Waals surface area (Å²) in [4.78, 5) is 76.6. The highest BCUT2D eigenvalue weighted by molar-refractivity contribution is 6.08. The van der Waals surface area contributed by atoms with Gasteiger partial charge in [0.2, 0.25) is 0 Å². The summed E-state index contributed by atoms with van der Waals surface area (Å²) in [6, 6.07) is 5.06. The molecule has 4 aliphatic heterocycles. The number of nitrogens with zero attached hydrogens (tertiary/aromatic N) is 2. The number of carbonyl (C=O) groups excluding carboxylic acids is 6. The normalized spacial score (nSPS) is 56.7. The number of ether oxygens (including phenoxy) is 5. The van der Waals surface area contributed by atoms with Crippen molar-refractivity contribution in [1.82, 2.24) is 0 Å². The maximum absolute atomic E-state index is 13.7. The van der Waals surface area contributed by atoms with Gasteiger partial charge < -0.3 is 28.8 Å². The van der Waals surface area contributed by atoms with Crippen LogP contribution >= 0.6 is 0 Å². The third kappa shape index (κ3) is 4.37. The van der Waals surface area contributed by atoms with Crippen LogP contribution in [0.4, 0.5) is 0 Å².